The van der Waals surface area contributed by atoms with E-state index in [2.05, 4.69) is 9.62 Å². The molecular formula is C24H31N3O3S2. The predicted molar refractivity (Wildman–Crippen MR) is 131 cm³/mol. The number of likely N-dealkylation sites (tertiary alicyclic amines) is 1. The lowest BCUT2D eigenvalue weighted by atomic mass is 10.2. The third-order valence-corrected chi connectivity index (χ3v) is 8.37. The third kappa shape index (κ3) is 5.23. The molecule has 2 aromatic rings. The van der Waals surface area contributed by atoms with Crippen LogP contribution in [0.25, 0.3) is 0 Å². The third-order valence-electron chi connectivity index (χ3n) is 6.20. The lowest BCUT2D eigenvalue weighted by molar-refractivity contribution is 0.0758. The van der Waals surface area contributed by atoms with Gasteiger partial charge in [0.1, 0.15) is 0 Å². The van der Waals surface area contributed by atoms with Gasteiger partial charge in [-0.15, -0.1) is 11.8 Å². The van der Waals surface area contributed by atoms with Gasteiger partial charge in [0.15, 0.2) is 0 Å². The van der Waals surface area contributed by atoms with E-state index in [0.29, 0.717) is 11.3 Å². The molecule has 0 atom stereocenters. The Kier molecular flexibility index (Phi) is 7.30. The van der Waals surface area contributed by atoms with E-state index in [9.17, 15) is 13.2 Å². The Hall–Kier alpha value is -2.19. The molecule has 0 spiro atoms. The van der Waals surface area contributed by atoms with Crippen LogP contribution in [-0.2, 0) is 10.0 Å². The minimum absolute atomic E-state index is 0.0803. The molecule has 0 unspecified atom stereocenters. The smallest absolute Gasteiger partial charge is 0.261 e. The second-order valence-electron chi connectivity index (χ2n) is 8.42. The second kappa shape index (κ2) is 10.2. The van der Waals surface area contributed by atoms with Gasteiger partial charge in [0.2, 0.25) is 0 Å². The molecule has 2 aliphatic heterocycles. The van der Waals surface area contributed by atoms with Gasteiger partial charge in [0.25, 0.3) is 15.9 Å². The zero-order valence-corrected chi connectivity index (χ0v) is 20.2. The molecule has 8 heteroatoms. The van der Waals surface area contributed by atoms with Gasteiger partial charge in [-0.1, -0.05) is 12.8 Å². The number of amides is 1. The average molecular weight is 474 g/mol. The van der Waals surface area contributed by atoms with Crippen LogP contribution in [0.3, 0.4) is 0 Å². The van der Waals surface area contributed by atoms with Crippen molar-refractivity contribution in [2.75, 3.05) is 42.1 Å². The summed E-state index contributed by atoms with van der Waals surface area (Å²) in [6, 6.07) is 12.3. The van der Waals surface area contributed by atoms with Crippen molar-refractivity contribution in [3.63, 3.8) is 0 Å². The fraction of sp³-hybridized carbons (Fsp3) is 0.458. The molecule has 32 heavy (non-hydrogen) atoms. The summed E-state index contributed by atoms with van der Waals surface area (Å²) in [5.74, 6) is -0.0803. The summed E-state index contributed by atoms with van der Waals surface area (Å²) in [7, 11) is -3.81. The van der Waals surface area contributed by atoms with Crippen molar-refractivity contribution in [2.45, 2.75) is 48.3 Å². The highest BCUT2D eigenvalue weighted by atomic mass is 32.2. The maximum Gasteiger partial charge on any atom is 0.261 e. The monoisotopic (exact) mass is 473 g/mol. The van der Waals surface area contributed by atoms with Gasteiger partial charge in [-0.3, -0.25) is 9.52 Å². The number of carbonyl (C=O) groups is 1. The van der Waals surface area contributed by atoms with E-state index in [1.54, 1.807) is 24.3 Å². The molecule has 4 rings (SSSR count). The molecule has 0 radical (unpaired) electrons. The molecule has 2 aliphatic rings. The average Bonchev–Trinajstić information content (AvgIpc) is 3.20. The number of nitrogens with zero attached hydrogens (tertiary/aromatic N) is 2. The number of rotatable bonds is 6. The molecule has 0 saturated carbocycles. The highest BCUT2D eigenvalue weighted by molar-refractivity contribution is 7.98. The van der Waals surface area contributed by atoms with E-state index in [4.69, 9.17) is 0 Å². The molecular weight excluding hydrogens is 442 g/mol. The van der Waals surface area contributed by atoms with Crippen LogP contribution in [0, 0.1) is 0 Å². The molecule has 0 aliphatic carbocycles. The van der Waals surface area contributed by atoms with Crippen molar-refractivity contribution in [1.29, 1.82) is 0 Å². The maximum atomic E-state index is 13.2. The lowest BCUT2D eigenvalue weighted by Crippen LogP contribution is -2.32. The SMILES string of the molecule is CSc1ccc(S(=O)(=O)Nc2ccc(N3CCCC3)cc2)cc1C(=O)N1CCCCCC1. The number of hydrogen-bond acceptors (Lipinski definition) is 5. The van der Waals surface area contributed by atoms with Crippen LogP contribution >= 0.6 is 11.8 Å². The number of carbonyl (C=O) groups excluding carboxylic acids is 1. The van der Waals surface area contributed by atoms with Crippen molar-refractivity contribution in [3.05, 3.63) is 48.0 Å². The minimum Gasteiger partial charge on any atom is -0.372 e. The normalized spacial score (nSPS) is 17.3. The number of sulfonamides is 1. The van der Waals surface area contributed by atoms with Gasteiger partial charge in [-0.25, -0.2) is 8.42 Å². The van der Waals surface area contributed by atoms with Gasteiger partial charge in [0.05, 0.1) is 10.5 Å². The van der Waals surface area contributed by atoms with Crippen LogP contribution in [0.5, 0.6) is 0 Å². The van der Waals surface area contributed by atoms with Gasteiger partial charge in [-0.05, 0) is 74.4 Å². The van der Waals surface area contributed by atoms with Crippen molar-refractivity contribution < 1.29 is 13.2 Å². The molecule has 0 bridgehead atoms. The molecule has 6 nitrogen and oxygen atoms in total. The molecule has 2 aromatic carbocycles. The fourth-order valence-electron chi connectivity index (χ4n) is 4.40. The van der Waals surface area contributed by atoms with Crippen LogP contribution in [0.1, 0.15) is 48.9 Å². The zero-order valence-electron chi connectivity index (χ0n) is 18.5. The zero-order chi connectivity index (χ0) is 22.6. The summed E-state index contributed by atoms with van der Waals surface area (Å²) in [6.45, 7) is 3.54. The molecule has 2 saturated heterocycles. The fourth-order valence-corrected chi connectivity index (χ4v) is 6.05. The Balaban J connectivity index is 1.55. The standard InChI is InChI=1S/C24H31N3O3S2/c1-31-23-13-12-21(18-22(23)24(28)27-16-4-2-3-5-17-27)32(29,30)25-19-8-10-20(11-9-19)26-14-6-7-15-26/h8-13,18,25H,2-7,14-17H2,1H3. The first-order valence-electron chi connectivity index (χ1n) is 11.3. The highest BCUT2D eigenvalue weighted by Gasteiger charge is 2.23. The second-order valence-corrected chi connectivity index (χ2v) is 10.9. The number of thioether (sulfide) groups is 1. The van der Waals surface area contributed by atoms with E-state index in [-0.39, 0.29) is 10.8 Å². The van der Waals surface area contributed by atoms with E-state index < -0.39 is 10.0 Å². The first-order valence-corrected chi connectivity index (χ1v) is 14.0. The number of benzene rings is 2. The molecule has 2 heterocycles. The summed E-state index contributed by atoms with van der Waals surface area (Å²) in [6.07, 6.45) is 8.55. The molecule has 2 fully saturated rings. The predicted octanol–water partition coefficient (Wildman–Crippen LogP) is 4.83. The van der Waals surface area contributed by atoms with E-state index in [0.717, 1.165) is 62.4 Å². The highest BCUT2D eigenvalue weighted by Crippen LogP contribution is 2.28. The van der Waals surface area contributed by atoms with Crippen molar-refractivity contribution in [2.24, 2.45) is 0 Å². The molecule has 172 valence electrons. The Bertz CT molecular complexity index is 1040. The Morgan fingerprint density at radius 3 is 2.12 bits per heavy atom. The molecule has 1 amide bonds. The largest absolute Gasteiger partial charge is 0.372 e. The lowest BCUT2D eigenvalue weighted by Gasteiger charge is -2.22. The summed E-state index contributed by atoms with van der Waals surface area (Å²) < 4.78 is 28.9. The number of nitrogens with one attached hydrogen (secondary N) is 1. The van der Waals surface area contributed by atoms with Crippen LogP contribution in [0.2, 0.25) is 0 Å². The Labute approximate surface area is 195 Å². The van der Waals surface area contributed by atoms with Gasteiger partial charge < -0.3 is 9.80 Å². The quantitative estimate of drug-likeness (QED) is 0.609. The minimum atomic E-state index is -3.81. The summed E-state index contributed by atoms with van der Waals surface area (Å²) in [4.78, 5) is 18.3. The van der Waals surface area contributed by atoms with E-state index >= 15 is 0 Å². The van der Waals surface area contributed by atoms with Crippen molar-refractivity contribution in [3.8, 4) is 0 Å². The first-order chi connectivity index (χ1) is 15.5. The Morgan fingerprint density at radius 1 is 0.875 bits per heavy atom. The number of anilines is 2. The van der Waals surface area contributed by atoms with Gasteiger partial charge in [0, 0.05) is 42.4 Å². The maximum absolute atomic E-state index is 13.2. The summed E-state index contributed by atoms with van der Waals surface area (Å²) in [5.41, 5.74) is 2.09. The van der Waals surface area contributed by atoms with Crippen LogP contribution in [0.15, 0.2) is 52.3 Å². The molecule has 0 aromatic heterocycles. The number of hydrogen-bond donors (Lipinski definition) is 1. The van der Waals surface area contributed by atoms with Crippen LogP contribution in [-0.4, -0.2) is 51.7 Å². The first kappa shape index (κ1) is 23.0. The summed E-state index contributed by atoms with van der Waals surface area (Å²) in [5, 5.41) is 0. The molecule has 1 N–H and O–H groups in total. The van der Waals surface area contributed by atoms with Crippen LogP contribution < -0.4 is 9.62 Å². The van der Waals surface area contributed by atoms with Gasteiger partial charge >= 0.3 is 0 Å². The topological polar surface area (TPSA) is 69.7 Å². The van der Waals surface area contributed by atoms with E-state index in [1.807, 2.05) is 23.3 Å². The summed E-state index contributed by atoms with van der Waals surface area (Å²) >= 11 is 1.46. The van der Waals surface area contributed by atoms with E-state index in [1.165, 1.54) is 30.7 Å². The Morgan fingerprint density at radius 2 is 1.50 bits per heavy atom. The van der Waals surface area contributed by atoms with Crippen LogP contribution in [0.4, 0.5) is 11.4 Å². The van der Waals surface area contributed by atoms with Gasteiger partial charge in [-0.2, -0.15) is 0 Å². The van der Waals surface area contributed by atoms with Crippen molar-refractivity contribution in [1.82, 2.24) is 4.90 Å². The van der Waals surface area contributed by atoms with Crippen molar-refractivity contribution >= 4 is 39.1 Å².